The normalized spacial score (nSPS) is 18.2. The van der Waals surface area contributed by atoms with Gasteiger partial charge in [-0.1, -0.05) is 22.0 Å². The van der Waals surface area contributed by atoms with Gasteiger partial charge in [-0.25, -0.2) is 4.39 Å². The number of fused-ring (bicyclic) bond motifs is 2. The largest absolute Gasteiger partial charge is 0.738 e. The molecule has 0 aliphatic carbocycles. The van der Waals surface area contributed by atoms with E-state index in [0.717, 1.165) is 8.96 Å². The van der Waals surface area contributed by atoms with Crippen LogP contribution in [0.3, 0.4) is 0 Å². The van der Waals surface area contributed by atoms with E-state index in [1.807, 2.05) is 0 Å². The highest BCUT2D eigenvalue weighted by molar-refractivity contribution is 9.18. The standard InChI is InChI=1S/C15H7BBr3F3N2/c17-8-2-1-3-9(20)14(8)15-10-4-6-12(18)23(10)16(21,22)24-11(15)5-7-13(24)19/h1-7H. The van der Waals surface area contributed by atoms with Crippen LogP contribution in [0.15, 0.2) is 57.3 Å². The Labute approximate surface area is 160 Å². The highest BCUT2D eigenvalue weighted by Crippen LogP contribution is 2.44. The SMILES string of the molecule is Fc1cccc(Br)c1C1=C2C=CC(Br)=[N+]2[B-](F)(F)n2c(Br)ccc21. The van der Waals surface area contributed by atoms with E-state index in [2.05, 4.69) is 47.8 Å². The second-order valence-electron chi connectivity index (χ2n) is 5.38. The van der Waals surface area contributed by atoms with E-state index < -0.39 is 12.8 Å². The predicted octanol–water partition coefficient (Wildman–Crippen LogP) is 5.52. The summed E-state index contributed by atoms with van der Waals surface area (Å²) in [6.45, 7) is -4.11. The third-order valence-corrected chi connectivity index (χ3v) is 6.04. The van der Waals surface area contributed by atoms with Gasteiger partial charge >= 0.3 is 6.97 Å². The highest BCUT2D eigenvalue weighted by Gasteiger charge is 2.54. The molecule has 2 aliphatic rings. The minimum atomic E-state index is -4.11. The lowest BCUT2D eigenvalue weighted by atomic mass is 9.86. The van der Waals surface area contributed by atoms with E-state index in [0.29, 0.717) is 10.0 Å². The van der Waals surface area contributed by atoms with Crippen molar-refractivity contribution in [1.82, 2.24) is 4.48 Å². The molecule has 2 aromatic rings. The molecule has 2 nitrogen and oxygen atoms in total. The number of allylic oxidation sites excluding steroid dienone is 2. The Morgan fingerprint density at radius 3 is 2.46 bits per heavy atom. The zero-order chi connectivity index (χ0) is 17.2. The van der Waals surface area contributed by atoms with E-state index in [4.69, 9.17) is 0 Å². The molecule has 9 heteroatoms. The maximum Gasteiger partial charge on any atom is 0.738 e. The number of hydrogen-bond acceptors (Lipinski definition) is 0. The third-order valence-electron chi connectivity index (χ3n) is 4.08. The second kappa shape index (κ2) is 5.47. The minimum absolute atomic E-state index is 0.235. The molecule has 0 fully saturated rings. The molecule has 0 atom stereocenters. The van der Waals surface area contributed by atoms with Crippen molar-refractivity contribution in [2.24, 2.45) is 0 Å². The van der Waals surface area contributed by atoms with Gasteiger partial charge in [0.25, 0.3) is 0 Å². The Balaban J connectivity index is 2.17. The lowest BCUT2D eigenvalue weighted by Gasteiger charge is -2.32. The maximum atomic E-state index is 15.1. The quantitative estimate of drug-likeness (QED) is 0.436. The Kier molecular flexibility index (Phi) is 3.74. The first kappa shape index (κ1) is 16.4. The minimum Gasteiger partial charge on any atom is -0.389 e. The molecule has 0 saturated carbocycles. The molecular formula is C15H7BBr3F3N2. The predicted molar refractivity (Wildman–Crippen MR) is 99.0 cm³/mol. The lowest BCUT2D eigenvalue weighted by molar-refractivity contribution is -0.358. The lowest BCUT2D eigenvalue weighted by Crippen LogP contribution is -2.50. The Morgan fingerprint density at radius 1 is 1.00 bits per heavy atom. The van der Waals surface area contributed by atoms with Gasteiger partial charge < -0.3 is 17.6 Å². The second-order valence-corrected chi connectivity index (χ2v) is 7.86. The summed E-state index contributed by atoms with van der Waals surface area (Å²) in [5.41, 5.74) is 1.18. The topological polar surface area (TPSA) is 7.94 Å². The molecule has 3 heterocycles. The summed E-state index contributed by atoms with van der Waals surface area (Å²) in [5, 5.41) is 0. The average molecular weight is 523 g/mol. The van der Waals surface area contributed by atoms with Gasteiger partial charge in [0.1, 0.15) is 5.82 Å². The van der Waals surface area contributed by atoms with Crippen LogP contribution in [-0.2, 0) is 0 Å². The van der Waals surface area contributed by atoms with Gasteiger partial charge in [-0.15, -0.1) is 0 Å². The molecule has 4 rings (SSSR count). The van der Waals surface area contributed by atoms with Crippen molar-refractivity contribution < 1.29 is 17.5 Å². The molecule has 2 aliphatic heterocycles. The molecule has 0 unspecified atom stereocenters. The number of aromatic nitrogens is 1. The van der Waals surface area contributed by atoms with Gasteiger partial charge in [-0.05, 0) is 40.2 Å². The van der Waals surface area contributed by atoms with Crippen LogP contribution >= 0.6 is 47.8 Å². The fourth-order valence-electron chi connectivity index (χ4n) is 3.13. The van der Waals surface area contributed by atoms with Crippen LogP contribution in [0.2, 0.25) is 0 Å². The van der Waals surface area contributed by atoms with Crippen molar-refractivity contribution in [2.75, 3.05) is 0 Å². The van der Waals surface area contributed by atoms with E-state index in [1.165, 1.54) is 6.07 Å². The van der Waals surface area contributed by atoms with E-state index in [1.54, 1.807) is 36.4 Å². The summed E-state index contributed by atoms with van der Waals surface area (Å²) in [5.74, 6) is -0.482. The van der Waals surface area contributed by atoms with Crippen LogP contribution in [0.1, 0.15) is 11.3 Å². The maximum absolute atomic E-state index is 15.1. The zero-order valence-corrected chi connectivity index (χ0v) is 16.5. The van der Waals surface area contributed by atoms with Gasteiger partial charge in [-0.2, -0.15) is 0 Å². The van der Waals surface area contributed by atoms with E-state index >= 15 is 8.63 Å². The summed E-state index contributed by atoms with van der Waals surface area (Å²) in [7, 11) is 0. The molecular weight excluding hydrogens is 516 g/mol. The van der Waals surface area contributed by atoms with Gasteiger partial charge in [-0.3, -0.25) is 0 Å². The van der Waals surface area contributed by atoms with Crippen molar-refractivity contribution >= 4 is 65.0 Å². The van der Waals surface area contributed by atoms with E-state index in [9.17, 15) is 4.39 Å². The fraction of sp³-hybridized carbons (Fsp3) is 0. The monoisotopic (exact) mass is 520 g/mol. The molecule has 1 aromatic heterocycles. The van der Waals surface area contributed by atoms with Crippen LogP contribution in [0.5, 0.6) is 0 Å². The van der Waals surface area contributed by atoms with Gasteiger partial charge in [0.05, 0.1) is 10.2 Å². The fourth-order valence-corrected chi connectivity index (χ4v) is 4.80. The van der Waals surface area contributed by atoms with Crippen LogP contribution < -0.4 is 0 Å². The van der Waals surface area contributed by atoms with Crippen molar-refractivity contribution in [2.45, 2.75) is 0 Å². The third kappa shape index (κ3) is 2.10. The molecule has 0 N–H and O–H groups in total. The van der Waals surface area contributed by atoms with E-state index in [-0.39, 0.29) is 26.2 Å². The molecule has 0 spiro atoms. The molecule has 0 saturated heterocycles. The van der Waals surface area contributed by atoms with Crippen molar-refractivity contribution in [3.05, 3.63) is 74.3 Å². The number of hydrogen-bond donors (Lipinski definition) is 0. The molecule has 0 amide bonds. The summed E-state index contributed by atoms with van der Waals surface area (Å²) < 4.78 is 47.5. The Bertz CT molecular complexity index is 972. The molecule has 122 valence electrons. The first-order valence-electron chi connectivity index (χ1n) is 6.92. The first-order chi connectivity index (χ1) is 11.3. The molecule has 0 bridgehead atoms. The zero-order valence-electron chi connectivity index (χ0n) is 11.8. The average Bonchev–Trinajstić information content (AvgIpc) is 3.07. The number of benzene rings is 1. The van der Waals surface area contributed by atoms with Gasteiger partial charge in [0, 0.05) is 43.8 Å². The summed E-state index contributed by atoms with van der Waals surface area (Å²) in [4.78, 5) is 0. The van der Waals surface area contributed by atoms with Crippen LogP contribution in [0, 0.1) is 5.82 Å². The summed E-state index contributed by atoms with van der Waals surface area (Å²) in [6, 6.07) is 7.68. The van der Waals surface area contributed by atoms with Crippen LogP contribution in [0.25, 0.3) is 5.57 Å². The van der Waals surface area contributed by atoms with Crippen LogP contribution in [0.4, 0.5) is 13.0 Å². The number of nitrogens with zero attached hydrogens (tertiary/aromatic N) is 2. The molecule has 0 radical (unpaired) electrons. The summed E-state index contributed by atoms with van der Waals surface area (Å²) in [6.07, 6.45) is 3.11. The molecule has 24 heavy (non-hydrogen) atoms. The Hall–Kier alpha value is -1.06. The smallest absolute Gasteiger partial charge is 0.389 e. The van der Waals surface area contributed by atoms with Crippen molar-refractivity contribution in [3.8, 4) is 0 Å². The summed E-state index contributed by atoms with van der Waals surface area (Å²) >= 11 is 9.70. The van der Waals surface area contributed by atoms with Crippen LogP contribution in [-0.4, -0.2) is 20.6 Å². The Morgan fingerprint density at radius 2 is 1.75 bits per heavy atom. The highest BCUT2D eigenvalue weighted by atomic mass is 79.9. The number of rotatable bonds is 1. The van der Waals surface area contributed by atoms with Crippen molar-refractivity contribution in [3.63, 3.8) is 0 Å². The van der Waals surface area contributed by atoms with Crippen molar-refractivity contribution in [1.29, 1.82) is 0 Å². The van der Waals surface area contributed by atoms with Gasteiger partial charge in [0.2, 0.25) is 4.62 Å². The first-order valence-corrected chi connectivity index (χ1v) is 9.30. The number of halogens is 6. The molecule has 1 aromatic carbocycles. The van der Waals surface area contributed by atoms with Gasteiger partial charge in [0.15, 0.2) is 5.70 Å².